The van der Waals surface area contributed by atoms with E-state index in [9.17, 15) is 8.42 Å². The molecule has 2 heterocycles. The lowest BCUT2D eigenvalue weighted by Crippen LogP contribution is -2.16. The molecule has 0 amide bonds. The molecule has 0 aliphatic heterocycles. The van der Waals surface area contributed by atoms with Crippen molar-refractivity contribution in [1.29, 1.82) is 0 Å². The first-order valence-electron chi connectivity index (χ1n) is 8.38. The minimum Gasteiger partial charge on any atom is -0.370 e. The van der Waals surface area contributed by atoms with Crippen LogP contribution in [-0.4, -0.2) is 49.1 Å². The van der Waals surface area contributed by atoms with E-state index < -0.39 is 9.84 Å². The maximum absolute atomic E-state index is 13.3. The van der Waals surface area contributed by atoms with Crippen LogP contribution in [0.3, 0.4) is 0 Å². The first-order valence-corrected chi connectivity index (χ1v) is 10.2. The van der Waals surface area contributed by atoms with Gasteiger partial charge in [0, 0.05) is 35.6 Å². The molecule has 0 spiro atoms. The van der Waals surface area contributed by atoms with E-state index in [1.54, 1.807) is 23.7 Å². The Hall–Kier alpha value is -2.16. The van der Waals surface area contributed by atoms with Gasteiger partial charge in [-0.05, 0) is 46.1 Å². The van der Waals surface area contributed by atoms with E-state index in [1.807, 2.05) is 32.8 Å². The summed E-state index contributed by atoms with van der Waals surface area (Å²) in [7, 11) is 1.73. The lowest BCUT2D eigenvalue weighted by molar-refractivity contribution is 0.398. The molecule has 0 fully saturated rings. The maximum Gasteiger partial charge on any atom is 0.214 e. The highest BCUT2D eigenvalue weighted by Crippen LogP contribution is 2.32. The second-order valence-corrected chi connectivity index (χ2v) is 8.95. The van der Waals surface area contributed by atoms with Crippen molar-refractivity contribution in [1.82, 2.24) is 19.5 Å². The second kappa shape index (κ2) is 7.10. The van der Waals surface area contributed by atoms with E-state index in [0.717, 1.165) is 17.0 Å². The zero-order valence-corrected chi connectivity index (χ0v) is 17.5. The van der Waals surface area contributed by atoms with Crippen LogP contribution in [0.25, 0.3) is 5.65 Å². The predicted octanol–water partition coefficient (Wildman–Crippen LogP) is 2.94. The van der Waals surface area contributed by atoms with Crippen LogP contribution >= 0.6 is 11.6 Å². The van der Waals surface area contributed by atoms with Crippen LogP contribution in [0, 0.1) is 13.8 Å². The molecule has 3 aromatic rings. The number of hydrogen-bond acceptors (Lipinski definition) is 6. The number of aryl methyl sites for hydroxylation is 2. The fourth-order valence-corrected chi connectivity index (χ4v) is 4.85. The molecule has 1 N–H and O–H groups in total. The minimum atomic E-state index is -3.86. The Bertz CT molecular complexity index is 1120. The molecule has 0 atom stereocenters. The molecule has 0 aliphatic rings. The number of aromatic nitrogens is 3. The fourth-order valence-electron chi connectivity index (χ4n) is 3.05. The van der Waals surface area contributed by atoms with Crippen molar-refractivity contribution in [2.24, 2.45) is 0 Å². The SMILES string of the molecule is CNc1nn2c(C)c(CN(C)C)c(C)nc2c1S(=O)(=O)c1cccc(Cl)c1. The first-order chi connectivity index (χ1) is 12.7. The summed E-state index contributed by atoms with van der Waals surface area (Å²) in [5, 5.41) is 7.71. The van der Waals surface area contributed by atoms with E-state index in [2.05, 4.69) is 15.4 Å². The average Bonchev–Trinajstić information content (AvgIpc) is 2.97. The first kappa shape index (κ1) is 19.6. The molecule has 0 bridgehead atoms. The summed E-state index contributed by atoms with van der Waals surface area (Å²) in [6.45, 7) is 4.49. The predicted molar refractivity (Wildman–Crippen MR) is 106 cm³/mol. The van der Waals surface area contributed by atoms with Crippen LogP contribution in [0.4, 0.5) is 5.82 Å². The highest BCUT2D eigenvalue weighted by Gasteiger charge is 2.30. The number of halogens is 1. The topological polar surface area (TPSA) is 79.6 Å². The molecule has 0 aliphatic carbocycles. The number of fused-ring (bicyclic) bond motifs is 1. The van der Waals surface area contributed by atoms with Gasteiger partial charge in [-0.25, -0.2) is 17.9 Å². The molecule has 9 heteroatoms. The third-order valence-corrected chi connectivity index (χ3v) is 6.39. The van der Waals surface area contributed by atoms with Crippen LogP contribution in [0.1, 0.15) is 17.0 Å². The summed E-state index contributed by atoms with van der Waals surface area (Å²) in [6.07, 6.45) is 0. The average molecular weight is 408 g/mol. The molecule has 2 aromatic heterocycles. The van der Waals surface area contributed by atoms with Crippen LogP contribution in [0.2, 0.25) is 5.02 Å². The number of anilines is 1. The van der Waals surface area contributed by atoms with E-state index in [0.29, 0.717) is 17.2 Å². The van der Waals surface area contributed by atoms with E-state index in [4.69, 9.17) is 11.6 Å². The smallest absolute Gasteiger partial charge is 0.214 e. The van der Waals surface area contributed by atoms with Crippen molar-refractivity contribution >= 4 is 32.9 Å². The Balaban J connectivity index is 2.33. The van der Waals surface area contributed by atoms with Crippen molar-refractivity contribution in [2.75, 3.05) is 26.5 Å². The van der Waals surface area contributed by atoms with Crippen molar-refractivity contribution < 1.29 is 8.42 Å². The fraction of sp³-hybridized carbons (Fsp3) is 0.333. The van der Waals surface area contributed by atoms with Crippen molar-refractivity contribution in [2.45, 2.75) is 30.2 Å². The number of benzene rings is 1. The Labute approximate surface area is 163 Å². The van der Waals surface area contributed by atoms with Gasteiger partial charge in [-0.3, -0.25) is 0 Å². The van der Waals surface area contributed by atoms with Gasteiger partial charge in [-0.15, -0.1) is 5.10 Å². The van der Waals surface area contributed by atoms with Gasteiger partial charge in [0.2, 0.25) is 9.84 Å². The van der Waals surface area contributed by atoms with Crippen LogP contribution in [-0.2, 0) is 16.4 Å². The van der Waals surface area contributed by atoms with E-state index >= 15 is 0 Å². The normalized spacial score (nSPS) is 12.1. The van der Waals surface area contributed by atoms with Gasteiger partial charge in [0.05, 0.1) is 4.90 Å². The summed E-state index contributed by atoms with van der Waals surface area (Å²) in [4.78, 5) is 6.79. The minimum absolute atomic E-state index is 0.0508. The highest BCUT2D eigenvalue weighted by molar-refractivity contribution is 7.91. The standard InChI is InChI=1S/C18H22ClN5O2S/c1-11-15(10-23(4)5)12(2)24-18(21-11)16(17(20-3)22-24)27(25,26)14-8-6-7-13(19)9-14/h6-9H,10H2,1-5H3,(H,20,22). The van der Waals surface area contributed by atoms with Gasteiger partial charge in [-0.2, -0.15) is 0 Å². The molecule has 1 aromatic carbocycles. The molecule has 0 saturated carbocycles. The van der Waals surface area contributed by atoms with Gasteiger partial charge in [0.25, 0.3) is 0 Å². The van der Waals surface area contributed by atoms with Crippen molar-refractivity contribution in [3.8, 4) is 0 Å². The van der Waals surface area contributed by atoms with E-state index in [1.165, 1.54) is 12.1 Å². The molecule has 7 nitrogen and oxygen atoms in total. The number of nitrogens with zero attached hydrogens (tertiary/aromatic N) is 4. The molecule has 144 valence electrons. The number of rotatable bonds is 5. The van der Waals surface area contributed by atoms with Gasteiger partial charge in [-0.1, -0.05) is 17.7 Å². The van der Waals surface area contributed by atoms with Crippen molar-refractivity contribution in [3.05, 3.63) is 46.2 Å². The highest BCUT2D eigenvalue weighted by atomic mass is 35.5. The summed E-state index contributed by atoms with van der Waals surface area (Å²) >= 11 is 6.00. The lowest BCUT2D eigenvalue weighted by Gasteiger charge is -2.15. The summed E-state index contributed by atoms with van der Waals surface area (Å²) < 4.78 is 28.2. The van der Waals surface area contributed by atoms with Crippen molar-refractivity contribution in [3.63, 3.8) is 0 Å². The number of hydrogen-bond donors (Lipinski definition) is 1. The Morgan fingerprint density at radius 3 is 2.56 bits per heavy atom. The zero-order chi connectivity index (χ0) is 19.9. The Morgan fingerprint density at radius 1 is 1.26 bits per heavy atom. The molecular formula is C18H22ClN5O2S. The van der Waals surface area contributed by atoms with Gasteiger partial charge >= 0.3 is 0 Å². The molecule has 27 heavy (non-hydrogen) atoms. The maximum atomic E-state index is 13.3. The number of sulfone groups is 1. The molecule has 0 saturated heterocycles. The quantitative estimate of drug-likeness (QED) is 0.700. The molecule has 0 unspecified atom stereocenters. The Morgan fingerprint density at radius 2 is 1.96 bits per heavy atom. The van der Waals surface area contributed by atoms with Crippen LogP contribution in [0.5, 0.6) is 0 Å². The second-order valence-electron chi connectivity index (χ2n) is 6.62. The number of nitrogens with one attached hydrogen (secondary N) is 1. The summed E-state index contributed by atoms with van der Waals surface area (Å²) in [6, 6.07) is 6.19. The Kier molecular flexibility index (Phi) is 5.16. The molecule has 0 radical (unpaired) electrons. The lowest BCUT2D eigenvalue weighted by atomic mass is 10.1. The molecule has 3 rings (SSSR count). The van der Waals surface area contributed by atoms with Crippen LogP contribution in [0.15, 0.2) is 34.1 Å². The third-order valence-electron chi connectivity index (χ3n) is 4.37. The van der Waals surface area contributed by atoms with Gasteiger partial charge in [0.1, 0.15) is 0 Å². The van der Waals surface area contributed by atoms with Gasteiger partial charge in [0.15, 0.2) is 16.4 Å². The molecular weight excluding hydrogens is 386 g/mol. The zero-order valence-electron chi connectivity index (χ0n) is 15.9. The largest absolute Gasteiger partial charge is 0.370 e. The van der Waals surface area contributed by atoms with E-state index in [-0.39, 0.29) is 15.6 Å². The third kappa shape index (κ3) is 3.40. The monoisotopic (exact) mass is 407 g/mol. The summed E-state index contributed by atoms with van der Waals surface area (Å²) in [5.74, 6) is 0.256. The van der Waals surface area contributed by atoms with Crippen LogP contribution < -0.4 is 5.32 Å². The summed E-state index contributed by atoms with van der Waals surface area (Å²) in [5.41, 5.74) is 2.95. The van der Waals surface area contributed by atoms with Gasteiger partial charge < -0.3 is 10.2 Å².